The number of nitrogens with one attached hydrogen (secondary N) is 1. The van der Waals surface area contributed by atoms with Gasteiger partial charge in [-0.05, 0) is 43.6 Å². The highest BCUT2D eigenvalue weighted by atomic mass is 16.4. The van der Waals surface area contributed by atoms with E-state index in [1.807, 2.05) is 30.3 Å². The zero-order valence-electron chi connectivity index (χ0n) is 12.7. The average molecular weight is 304 g/mol. The van der Waals surface area contributed by atoms with Crippen molar-refractivity contribution in [3.05, 3.63) is 35.9 Å². The highest BCUT2D eigenvalue weighted by Crippen LogP contribution is 2.28. The number of carbonyl (C=O) groups excluding carboxylic acids is 1. The van der Waals surface area contributed by atoms with E-state index < -0.39 is 12.0 Å². The van der Waals surface area contributed by atoms with Crippen LogP contribution in [0, 0.1) is 11.8 Å². The third-order valence-corrected chi connectivity index (χ3v) is 4.40. The van der Waals surface area contributed by atoms with Crippen LogP contribution in [0.25, 0.3) is 0 Å². The highest BCUT2D eigenvalue weighted by molar-refractivity contribution is 5.81. The van der Waals surface area contributed by atoms with Gasteiger partial charge in [0.2, 0.25) is 5.91 Å². The summed E-state index contributed by atoms with van der Waals surface area (Å²) in [4.78, 5) is 22.9. The molecule has 1 atom stereocenters. The number of nitrogens with two attached hydrogens (primary N) is 1. The monoisotopic (exact) mass is 304 g/mol. The standard InChI is InChI=1S/C17H24N2O3/c18-15(10-12-4-2-1-3-5-12)16(20)19-11-13-6-8-14(9-7-13)17(21)22/h1-5,13-15H,6-11,18H2,(H,19,20)(H,21,22)/t13?,14?,15-/m0/s1. The fraction of sp³-hybridized carbons (Fsp3) is 0.529. The lowest BCUT2D eigenvalue weighted by atomic mass is 9.82. The molecule has 4 N–H and O–H groups in total. The summed E-state index contributed by atoms with van der Waals surface area (Å²) in [7, 11) is 0. The van der Waals surface area contributed by atoms with Crippen molar-refractivity contribution in [2.24, 2.45) is 17.6 Å². The molecule has 22 heavy (non-hydrogen) atoms. The van der Waals surface area contributed by atoms with E-state index in [9.17, 15) is 9.59 Å². The number of hydrogen-bond acceptors (Lipinski definition) is 3. The number of amides is 1. The van der Waals surface area contributed by atoms with Gasteiger partial charge in [-0.25, -0.2) is 0 Å². The number of carboxylic acid groups (broad SMARTS) is 1. The summed E-state index contributed by atoms with van der Waals surface area (Å²) in [6.45, 7) is 0.591. The number of carbonyl (C=O) groups is 2. The third-order valence-electron chi connectivity index (χ3n) is 4.40. The van der Waals surface area contributed by atoms with E-state index in [-0.39, 0.29) is 11.8 Å². The second kappa shape index (κ2) is 7.94. The Hall–Kier alpha value is -1.88. The molecular weight excluding hydrogens is 280 g/mol. The van der Waals surface area contributed by atoms with Crippen molar-refractivity contribution < 1.29 is 14.7 Å². The third kappa shape index (κ3) is 4.84. The van der Waals surface area contributed by atoms with E-state index in [2.05, 4.69) is 5.32 Å². The van der Waals surface area contributed by atoms with Crippen LogP contribution in [-0.4, -0.2) is 29.6 Å². The first-order valence-electron chi connectivity index (χ1n) is 7.86. The van der Waals surface area contributed by atoms with E-state index >= 15 is 0 Å². The van der Waals surface area contributed by atoms with Crippen molar-refractivity contribution in [2.75, 3.05) is 6.54 Å². The van der Waals surface area contributed by atoms with Crippen LogP contribution in [0.5, 0.6) is 0 Å². The van der Waals surface area contributed by atoms with Crippen LogP contribution >= 0.6 is 0 Å². The van der Waals surface area contributed by atoms with Gasteiger partial charge in [0.15, 0.2) is 0 Å². The van der Waals surface area contributed by atoms with Gasteiger partial charge in [-0.15, -0.1) is 0 Å². The lowest BCUT2D eigenvalue weighted by Crippen LogP contribution is -2.44. The van der Waals surface area contributed by atoms with Gasteiger partial charge in [-0.3, -0.25) is 9.59 Å². The van der Waals surface area contributed by atoms with Crippen molar-refractivity contribution in [1.29, 1.82) is 0 Å². The van der Waals surface area contributed by atoms with Gasteiger partial charge in [-0.1, -0.05) is 30.3 Å². The Balaban J connectivity index is 1.70. The first-order chi connectivity index (χ1) is 10.6. The van der Waals surface area contributed by atoms with Crippen LogP contribution in [-0.2, 0) is 16.0 Å². The predicted octanol–water partition coefficient (Wildman–Crippen LogP) is 1.56. The van der Waals surface area contributed by atoms with Crippen LogP contribution in [0.2, 0.25) is 0 Å². The van der Waals surface area contributed by atoms with E-state index in [4.69, 9.17) is 10.8 Å². The highest BCUT2D eigenvalue weighted by Gasteiger charge is 2.26. The number of aliphatic carboxylic acids is 1. The minimum Gasteiger partial charge on any atom is -0.481 e. The number of rotatable bonds is 6. The summed E-state index contributed by atoms with van der Waals surface area (Å²) < 4.78 is 0. The normalized spacial score (nSPS) is 22.8. The second-order valence-electron chi connectivity index (χ2n) is 6.10. The molecule has 0 radical (unpaired) electrons. The predicted molar refractivity (Wildman–Crippen MR) is 84.2 cm³/mol. The fourth-order valence-electron chi connectivity index (χ4n) is 2.95. The lowest BCUT2D eigenvalue weighted by molar-refractivity contribution is -0.143. The van der Waals surface area contributed by atoms with Gasteiger partial charge in [0, 0.05) is 6.54 Å². The van der Waals surface area contributed by atoms with E-state index in [0.29, 0.717) is 31.7 Å². The van der Waals surface area contributed by atoms with Crippen molar-refractivity contribution in [1.82, 2.24) is 5.32 Å². The zero-order chi connectivity index (χ0) is 15.9. The molecule has 0 aliphatic heterocycles. The molecule has 1 aromatic carbocycles. The first-order valence-corrected chi connectivity index (χ1v) is 7.86. The van der Waals surface area contributed by atoms with Crippen LogP contribution in [0.1, 0.15) is 31.2 Å². The fourth-order valence-corrected chi connectivity index (χ4v) is 2.95. The van der Waals surface area contributed by atoms with Gasteiger partial charge >= 0.3 is 5.97 Å². The van der Waals surface area contributed by atoms with E-state index in [1.54, 1.807) is 0 Å². The first kappa shape index (κ1) is 16.5. The van der Waals surface area contributed by atoms with Gasteiger partial charge < -0.3 is 16.2 Å². The smallest absolute Gasteiger partial charge is 0.306 e. The maximum Gasteiger partial charge on any atom is 0.306 e. The summed E-state index contributed by atoms with van der Waals surface area (Å²) in [5.41, 5.74) is 6.99. The largest absolute Gasteiger partial charge is 0.481 e. The maximum absolute atomic E-state index is 12.0. The Morgan fingerprint density at radius 3 is 2.41 bits per heavy atom. The Labute approximate surface area is 130 Å². The molecule has 1 saturated carbocycles. The lowest BCUT2D eigenvalue weighted by Gasteiger charge is -2.26. The van der Waals surface area contributed by atoms with Crippen molar-refractivity contribution >= 4 is 11.9 Å². The number of benzene rings is 1. The van der Waals surface area contributed by atoms with Crippen molar-refractivity contribution in [3.8, 4) is 0 Å². The minimum atomic E-state index is -0.702. The van der Waals surface area contributed by atoms with Gasteiger partial charge in [-0.2, -0.15) is 0 Å². The molecule has 5 heteroatoms. The quantitative estimate of drug-likeness (QED) is 0.743. The van der Waals surface area contributed by atoms with Crippen LogP contribution in [0.15, 0.2) is 30.3 Å². The molecule has 0 aromatic heterocycles. The molecule has 0 spiro atoms. The summed E-state index contributed by atoms with van der Waals surface area (Å²) in [5, 5.41) is 11.9. The molecule has 1 amide bonds. The molecule has 0 unspecified atom stereocenters. The van der Waals surface area contributed by atoms with Crippen molar-refractivity contribution in [2.45, 2.75) is 38.1 Å². The molecule has 120 valence electrons. The molecule has 1 aliphatic rings. The Morgan fingerprint density at radius 1 is 1.18 bits per heavy atom. The topological polar surface area (TPSA) is 92.4 Å². The van der Waals surface area contributed by atoms with Crippen molar-refractivity contribution in [3.63, 3.8) is 0 Å². The van der Waals surface area contributed by atoms with E-state index in [1.165, 1.54) is 0 Å². The molecule has 1 aliphatic carbocycles. The maximum atomic E-state index is 12.0. The van der Waals surface area contributed by atoms with Crippen LogP contribution in [0.4, 0.5) is 0 Å². The van der Waals surface area contributed by atoms with Gasteiger partial charge in [0.25, 0.3) is 0 Å². The SMILES string of the molecule is N[C@@H](Cc1ccccc1)C(=O)NCC1CCC(C(=O)O)CC1. The Morgan fingerprint density at radius 2 is 1.82 bits per heavy atom. The summed E-state index contributed by atoms with van der Waals surface area (Å²) in [6.07, 6.45) is 3.63. The molecule has 5 nitrogen and oxygen atoms in total. The molecular formula is C17H24N2O3. The molecule has 1 fully saturated rings. The Kier molecular flexibility index (Phi) is 5.95. The molecule has 0 saturated heterocycles. The van der Waals surface area contributed by atoms with E-state index in [0.717, 1.165) is 18.4 Å². The van der Waals surface area contributed by atoms with Crippen LogP contribution in [0.3, 0.4) is 0 Å². The molecule has 2 rings (SSSR count). The van der Waals surface area contributed by atoms with Gasteiger partial charge in [0.05, 0.1) is 12.0 Å². The van der Waals surface area contributed by atoms with Crippen LogP contribution < -0.4 is 11.1 Å². The molecule has 0 bridgehead atoms. The molecule has 0 heterocycles. The van der Waals surface area contributed by atoms with Gasteiger partial charge in [0.1, 0.15) is 0 Å². The summed E-state index contributed by atoms with van der Waals surface area (Å²) in [6, 6.07) is 9.17. The summed E-state index contributed by atoms with van der Waals surface area (Å²) >= 11 is 0. The average Bonchev–Trinajstić information content (AvgIpc) is 2.53. The second-order valence-corrected chi connectivity index (χ2v) is 6.10. The summed E-state index contributed by atoms with van der Waals surface area (Å²) in [5.74, 6) is -0.688. The Bertz CT molecular complexity index is 496. The minimum absolute atomic E-state index is 0.135. The zero-order valence-corrected chi connectivity index (χ0v) is 12.7. The number of hydrogen-bond donors (Lipinski definition) is 3. The number of carboxylic acids is 1. The molecule has 1 aromatic rings.